The highest BCUT2D eigenvalue weighted by molar-refractivity contribution is 5.99. The van der Waals surface area contributed by atoms with Crippen molar-refractivity contribution in [2.75, 3.05) is 80.0 Å². The van der Waals surface area contributed by atoms with Gasteiger partial charge in [0.2, 0.25) is 0 Å². The summed E-state index contributed by atoms with van der Waals surface area (Å²) in [5, 5.41) is 0. The molecule has 0 aromatic heterocycles. The first-order chi connectivity index (χ1) is 46.4. The molecule has 0 atom stereocenters. The van der Waals surface area contributed by atoms with Crippen molar-refractivity contribution in [1.82, 2.24) is 118 Å². The van der Waals surface area contributed by atoms with Gasteiger partial charge in [-0.1, -0.05) is 0 Å². The maximum Gasteiger partial charge on any atom is 0.326 e. The van der Waals surface area contributed by atoms with Crippen LogP contribution in [0.25, 0.3) is 0 Å². The lowest BCUT2D eigenvalue weighted by molar-refractivity contribution is -0.202. The summed E-state index contributed by atoms with van der Waals surface area (Å²) in [5.41, 5.74) is -19.5. The molecule has 12 spiro atoms. The maximum atomic E-state index is 17.0. The summed E-state index contributed by atoms with van der Waals surface area (Å²) in [7, 11) is 0. The first-order valence-corrected chi connectivity index (χ1v) is 35.5. The van der Waals surface area contributed by atoms with Gasteiger partial charge >= 0.3 is 72.4 Å². The minimum Gasteiger partial charge on any atom is -0.279 e. The Bertz CT molecular complexity index is 3030. The Balaban J connectivity index is 0.785. The number of urea groups is 12. The van der Waals surface area contributed by atoms with Crippen molar-refractivity contribution < 1.29 is 57.5 Å². The molecule has 24 fully saturated rings. The normalized spacial score (nSPS) is 46.8. The Morgan fingerprint density at radius 1 is 0.125 bits per heavy atom. The summed E-state index contributed by atoms with van der Waals surface area (Å²) in [6.45, 7) is -5.03. The van der Waals surface area contributed by atoms with Gasteiger partial charge in [0.25, 0.3) is 0 Å². The molecule has 0 N–H and O–H groups in total. The summed E-state index contributed by atoms with van der Waals surface area (Å²) >= 11 is 0. The largest absolute Gasteiger partial charge is 0.326 e. The number of nitrogens with zero attached hydrogens (tertiary/aromatic N) is 24. The Morgan fingerprint density at radius 2 is 0.188 bits per heavy atom. The van der Waals surface area contributed by atoms with E-state index in [0.29, 0.717) is 77.0 Å². The van der Waals surface area contributed by atoms with Gasteiger partial charge in [0.1, 0.15) is 80.0 Å². The lowest BCUT2D eigenvalue weighted by Gasteiger charge is -2.60. The van der Waals surface area contributed by atoms with E-state index in [0.717, 1.165) is 0 Å². The molecule has 504 valence electrons. The molecule has 24 aliphatic rings. The Kier molecular flexibility index (Phi) is 7.97. The zero-order chi connectivity index (χ0) is 64.2. The van der Waals surface area contributed by atoms with Crippen molar-refractivity contribution in [3.8, 4) is 0 Å². The first-order valence-electron chi connectivity index (χ1n) is 35.5. The molecule has 18 aliphatic heterocycles. The zero-order valence-electron chi connectivity index (χ0n) is 53.1. The predicted molar refractivity (Wildman–Crippen MR) is 311 cm³/mol. The monoisotopic (exact) mass is 1320 g/mol. The highest BCUT2D eigenvalue weighted by Gasteiger charge is 2.94. The smallest absolute Gasteiger partial charge is 0.279 e. The second-order valence-electron chi connectivity index (χ2n) is 32.4. The van der Waals surface area contributed by atoms with E-state index in [1.54, 1.807) is 118 Å². The van der Waals surface area contributed by atoms with Crippen LogP contribution in [0.3, 0.4) is 0 Å². The number of rotatable bonds is 0. The average molecular weight is 1320 g/mol. The number of carbonyl (C=O) groups excluding carboxylic acids is 12. The van der Waals surface area contributed by atoms with Crippen molar-refractivity contribution >= 4 is 72.4 Å². The van der Waals surface area contributed by atoms with Crippen molar-refractivity contribution in [1.29, 1.82) is 0 Å². The highest BCUT2D eigenvalue weighted by Crippen LogP contribution is 2.73. The number of amides is 24. The van der Waals surface area contributed by atoms with Crippen LogP contribution in [-0.2, 0) is 0 Å². The van der Waals surface area contributed by atoms with Crippen molar-refractivity contribution in [2.45, 2.75) is 222 Å². The molecule has 36 nitrogen and oxygen atoms in total. The van der Waals surface area contributed by atoms with E-state index >= 15 is 57.5 Å². The minimum atomic E-state index is -1.62. The van der Waals surface area contributed by atoms with Gasteiger partial charge in [-0.2, -0.15) is 0 Å². The van der Waals surface area contributed by atoms with E-state index in [1.807, 2.05) is 0 Å². The number of carbonyl (C=O) groups is 12. The topological polar surface area (TPSA) is 283 Å². The SMILES string of the molecule is O=C1N2CN3C(=O)N4CN5C(=O)N6CN7C(=O)N8CN9C(=O)N%10CN%11C(=O)N%12CN1C1%13CCCCC21N1CN2C(=O)N(CN%14C(=O)N(CN%15C(=O)N(CN%16C(=O)N(CN%17C(=O)N(CN%13C1=O)C%121CCCCC%11%171)C%101CCCCC9%161)C81CCCCC7%151)C61CCCCC5%141)C41CCCCC321. The van der Waals surface area contributed by atoms with Gasteiger partial charge in [0.05, 0.1) is 0 Å². The fourth-order valence-corrected chi connectivity index (χ4v) is 28.5. The lowest BCUT2D eigenvalue weighted by Crippen LogP contribution is -2.79. The van der Waals surface area contributed by atoms with Crippen LogP contribution in [0, 0.1) is 0 Å². The van der Waals surface area contributed by atoms with E-state index in [2.05, 4.69) is 0 Å². The van der Waals surface area contributed by atoms with Crippen LogP contribution in [0.2, 0.25) is 0 Å². The van der Waals surface area contributed by atoms with Gasteiger partial charge in [-0.15, -0.1) is 0 Å². The van der Waals surface area contributed by atoms with E-state index in [9.17, 15) is 0 Å². The molecule has 0 aromatic rings. The second-order valence-corrected chi connectivity index (χ2v) is 32.4. The molecule has 6 aliphatic carbocycles. The van der Waals surface area contributed by atoms with E-state index in [-0.39, 0.29) is 77.0 Å². The van der Waals surface area contributed by atoms with E-state index in [4.69, 9.17) is 0 Å². The van der Waals surface area contributed by atoms with Gasteiger partial charge in [0, 0.05) is 0 Å². The molecule has 24 rings (SSSR count). The fourth-order valence-electron chi connectivity index (χ4n) is 28.5. The number of hydrogen-bond donors (Lipinski definition) is 0. The molecular formula is C60H72N24O12. The molecule has 36 heteroatoms. The molecule has 0 unspecified atom stereocenters. The quantitative estimate of drug-likeness (QED) is 0.338. The van der Waals surface area contributed by atoms with Crippen molar-refractivity contribution in [3.05, 3.63) is 0 Å². The molecule has 0 bridgehead atoms. The first kappa shape index (κ1) is 52.4. The Labute approximate surface area is 547 Å². The van der Waals surface area contributed by atoms with Crippen LogP contribution in [0.5, 0.6) is 0 Å². The van der Waals surface area contributed by atoms with Crippen LogP contribution in [0.4, 0.5) is 57.5 Å². The third kappa shape index (κ3) is 4.03. The van der Waals surface area contributed by atoms with Gasteiger partial charge in [-0.05, 0) is 154 Å². The Morgan fingerprint density at radius 3 is 0.250 bits per heavy atom. The lowest BCUT2D eigenvalue weighted by atomic mass is 9.74. The van der Waals surface area contributed by atoms with Gasteiger partial charge in [-0.3, -0.25) is 118 Å². The van der Waals surface area contributed by atoms with Crippen LogP contribution in [0.15, 0.2) is 0 Å². The molecule has 18 heterocycles. The summed E-state index contributed by atoms with van der Waals surface area (Å²) in [5.74, 6) is 0. The predicted octanol–water partition coefficient (Wildman–Crippen LogP) is 2.22. The second kappa shape index (κ2) is 14.6. The summed E-state index contributed by atoms with van der Waals surface area (Å²) < 4.78 is 0. The minimum absolute atomic E-state index is 0.199. The maximum absolute atomic E-state index is 17.0. The molecule has 6 saturated carbocycles. The van der Waals surface area contributed by atoms with E-state index in [1.165, 1.54) is 0 Å². The summed E-state index contributed by atoms with van der Waals surface area (Å²) in [4.78, 5) is 243. The third-order valence-corrected chi connectivity index (χ3v) is 31.3. The zero-order valence-corrected chi connectivity index (χ0v) is 53.1. The standard InChI is InChI=1S/C60H72N24O12/c85-37-61-25-65-39(87)69-29-73-43(91)77-33-81-47(95)83-35-79-45(93)75-31-71-41(89)67-27-63(37)50-14-2-1-13-49(50,61)62-26-66-40(88)70(52(69)16-4-3-15-51(52,65)66)30-74-44(92)78(56(77)20-8-7-19-55(56,73)74)34-82-48(96)84(60(83)24-12-11-23-59(60,81)82)36-80-46(94)76(57(75)21-9-10-22-58(57,79)80)32-72-42(90)68(28-64(50)38(62)86)53(67)17-5-6-18-54(53,71)72/h1-36H2. The molecule has 0 aromatic carbocycles. The molecule has 18 saturated heterocycles. The third-order valence-electron chi connectivity index (χ3n) is 31.3. The average Bonchev–Trinajstić information content (AvgIpc) is 1.45. The van der Waals surface area contributed by atoms with Crippen molar-refractivity contribution in [3.63, 3.8) is 0 Å². The van der Waals surface area contributed by atoms with Crippen molar-refractivity contribution in [2.24, 2.45) is 0 Å². The Hall–Kier alpha value is -8.76. The van der Waals surface area contributed by atoms with Gasteiger partial charge in [-0.25, -0.2) is 57.5 Å². The van der Waals surface area contributed by atoms with Crippen LogP contribution in [0.1, 0.15) is 154 Å². The molecular weight excluding hydrogens is 1250 g/mol. The molecule has 0 radical (unpaired) electrons. The highest BCUT2D eigenvalue weighted by atomic mass is 16.3. The van der Waals surface area contributed by atoms with Crippen LogP contribution in [-0.4, -0.2) is 338 Å². The number of hydrogen-bond acceptors (Lipinski definition) is 12. The molecule has 24 amide bonds. The summed E-state index contributed by atoms with van der Waals surface area (Å²) in [6.07, 6.45) is 8.62. The van der Waals surface area contributed by atoms with Crippen LogP contribution >= 0.6 is 0 Å². The van der Waals surface area contributed by atoms with E-state index < -0.39 is 220 Å². The van der Waals surface area contributed by atoms with Crippen LogP contribution < -0.4 is 0 Å². The van der Waals surface area contributed by atoms with Gasteiger partial charge in [0.15, 0.2) is 68.0 Å². The fraction of sp³-hybridized carbons (Fsp3) is 0.800. The summed E-state index contributed by atoms with van der Waals surface area (Å²) in [6, 6.07) is -6.56. The molecule has 96 heavy (non-hydrogen) atoms. The van der Waals surface area contributed by atoms with Gasteiger partial charge < -0.3 is 0 Å².